The number of halogens is 1. The molecule has 0 spiro atoms. The molecule has 0 unspecified atom stereocenters. The van der Waals surface area contributed by atoms with Crippen molar-refractivity contribution in [1.82, 2.24) is 15.9 Å². The maximum atomic E-state index is 7.37. The number of aromatic nitrogens is 2. The van der Waals surface area contributed by atoms with Crippen LogP contribution in [0.25, 0.3) is 0 Å². The van der Waals surface area contributed by atoms with Gasteiger partial charge in [0.15, 0.2) is 0 Å². The number of aryl methyl sites for hydroxylation is 1. The van der Waals surface area contributed by atoms with Gasteiger partial charge in [0, 0.05) is 6.07 Å². The van der Waals surface area contributed by atoms with E-state index in [9.17, 15) is 0 Å². The lowest BCUT2D eigenvalue weighted by Gasteiger charge is -2.06. The summed E-state index contributed by atoms with van der Waals surface area (Å²) in [6.45, 7) is 1.85. The molecule has 16 heavy (non-hydrogen) atoms. The molecule has 0 atom stereocenters. The summed E-state index contributed by atoms with van der Waals surface area (Å²) < 4.78 is 5.43. The number of hydrogen-bond donors (Lipinski definition) is 0. The van der Waals surface area contributed by atoms with Crippen LogP contribution in [-0.4, -0.2) is 10.2 Å². The molecule has 0 fully saturated rings. The minimum Gasteiger partial charge on any atom is -0.436 e. The van der Waals surface area contributed by atoms with Crippen molar-refractivity contribution in [3.8, 4) is 11.6 Å². The van der Waals surface area contributed by atoms with Crippen LogP contribution in [0.15, 0.2) is 30.3 Å². The van der Waals surface area contributed by atoms with Gasteiger partial charge in [-0.15, -0.1) is 5.10 Å². The fourth-order valence-electron chi connectivity index (χ4n) is 1.14. The number of benzene rings is 1. The molecule has 4 nitrogen and oxygen atoms in total. The van der Waals surface area contributed by atoms with E-state index in [0.29, 0.717) is 22.3 Å². The minimum atomic E-state index is 0.340. The molecule has 0 amide bonds. The van der Waals surface area contributed by atoms with E-state index in [1.165, 1.54) is 6.07 Å². The third-order valence-corrected chi connectivity index (χ3v) is 2.22. The lowest BCUT2D eigenvalue weighted by atomic mass is 10.3. The Hall–Kier alpha value is -1.81. The SMILES string of the molecule is Cc1ccc(Oc2ccc([NH])cc2Cl)nn1. The zero-order chi connectivity index (χ0) is 11.5. The van der Waals surface area contributed by atoms with Crippen molar-refractivity contribution in [1.29, 1.82) is 0 Å². The van der Waals surface area contributed by atoms with Crippen molar-refractivity contribution in [3.63, 3.8) is 0 Å². The molecule has 1 radical (unpaired) electrons. The van der Waals surface area contributed by atoms with Crippen molar-refractivity contribution >= 4 is 17.3 Å². The Morgan fingerprint density at radius 3 is 2.62 bits per heavy atom. The van der Waals surface area contributed by atoms with Gasteiger partial charge in [0.1, 0.15) is 5.75 Å². The first kappa shape index (κ1) is 10.7. The average molecular weight is 235 g/mol. The predicted molar refractivity (Wildman–Crippen MR) is 61.1 cm³/mol. The van der Waals surface area contributed by atoms with Crippen molar-refractivity contribution in [2.45, 2.75) is 6.92 Å². The Bertz CT molecular complexity index is 499. The predicted octanol–water partition coefficient (Wildman–Crippen LogP) is 3.15. The summed E-state index contributed by atoms with van der Waals surface area (Å²) in [5.74, 6) is 0.848. The monoisotopic (exact) mass is 234 g/mol. The molecule has 5 heteroatoms. The van der Waals surface area contributed by atoms with Gasteiger partial charge in [-0.3, -0.25) is 0 Å². The second kappa shape index (κ2) is 4.37. The number of nitrogens with zero attached hydrogens (tertiary/aromatic N) is 2. The summed E-state index contributed by atoms with van der Waals surface area (Å²) in [6, 6.07) is 8.26. The van der Waals surface area contributed by atoms with Crippen LogP contribution >= 0.6 is 11.6 Å². The molecule has 81 valence electrons. The van der Waals surface area contributed by atoms with Gasteiger partial charge in [0.05, 0.1) is 16.4 Å². The first-order valence-corrected chi connectivity index (χ1v) is 5.02. The van der Waals surface area contributed by atoms with Gasteiger partial charge in [-0.2, -0.15) is 5.10 Å². The summed E-state index contributed by atoms with van der Waals surface area (Å²) in [5.41, 5.74) is 8.53. The standard InChI is InChI=1S/C11H9ClN3O/c1-7-2-5-11(15-14-7)16-10-4-3-8(13)6-9(10)12/h2-6,13H,1H3. The molecule has 2 aromatic rings. The van der Waals surface area contributed by atoms with Gasteiger partial charge in [0.2, 0.25) is 5.88 Å². The molecule has 0 bridgehead atoms. The smallest absolute Gasteiger partial charge is 0.238 e. The third-order valence-electron chi connectivity index (χ3n) is 1.92. The molecule has 0 saturated heterocycles. The summed E-state index contributed by atoms with van der Waals surface area (Å²) in [5, 5.41) is 8.11. The molecule has 0 aliphatic heterocycles. The molecule has 0 saturated carbocycles. The molecule has 0 aliphatic carbocycles. The Morgan fingerprint density at radius 1 is 1.19 bits per heavy atom. The largest absolute Gasteiger partial charge is 0.436 e. The maximum Gasteiger partial charge on any atom is 0.238 e. The van der Waals surface area contributed by atoms with Gasteiger partial charge in [0.25, 0.3) is 0 Å². The molecule has 1 aromatic heterocycles. The van der Waals surface area contributed by atoms with Crippen molar-refractivity contribution in [2.75, 3.05) is 0 Å². The lowest BCUT2D eigenvalue weighted by molar-refractivity contribution is 0.454. The van der Waals surface area contributed by atoms with Crippen LogP contribution in [0.4, 0.5) is 5.69 Å². The third kappa shape index (κ3) is 2.41. The number of ether oxygens (including phenoxy) is 1. The van der Waals surface area contributed by atoms with E-state index < -0.39 is 0 Å². The zero-order valence-corrected chi connectivity index (χ0v) is 9.32. The van der Waals surface area contributed by atoms with Gasteiger partial charge < -0.3 is 10.5 Å². The summed E-state index contributed by atoms with van der Waals surface area (Å²) in [6.07, 6.45) is 0. The maximum absolute atomic E-state index is 7.37. The molecule has 0 aliphatic rings. The number of hydrogen-bond acceptors (Lipinski definition) is 3. The highest BCUT2D eigenvalue weighted by Gasteiger charge is 2.04. The van der Waals surface area contributed by atoms with E-state index >= 15 is 0 Å². The van der Waals surface area contributed by atoms with E-state index in [4.69, 9.17) is 22.1 Å². The summed E-state index contributed by atoms with van der Waals surface area (Å²) in [4.78, 5) is 0. The van der Waals surface area contributed by atoms with Crippen LogP contribution in [0.3, 0.4) is 0 Å². The van der Waals surface area contributed by atoms with Crippen LogP contribution in [0.2, 0.25) is 5.02 Å². The second-order valence-electron chi connectivity index (χ2n) is 3.26. The van der Waals surface area contributed by atoms with E-state index in [0.717, 1.165) is 5.69 Å². The Labute approximate surface area is 98.0 Å². The molecule has 1 N–H and O–H groups in total. The van der Waals surface area contributed by atoms with Gasteiger partial charge in [-0.05, 0) is 31.2 Å². The molecular weight excluding hydrogens is 226 g/mol. The second-order valence-corrected chi connectivity index (χ2v) is 3.67. The van der Waals surface area contributed by atoms with Gasteiger partial charge >= 0.3 is 0 Å². The van der Waals surface area contributed by atoms with Crippen molar-refractivity contribution in [2.24, 2.45) is 0 Å². The fourth-order valence-corrected chi connectivity index (χ4v) is 1.36. The van der Waals surface area contributed by atoms with Crippen LogP contribution in [-0.2, 0) is 0 Å². The Morgan fingerprint density at radius 2 is 2.00 bits per heavy atom. The normalized spacial score (nSPS) is 10.1. The van der Waals surface area contributed by atoms with Crippen LogP contribution in [0.1, 0.15) is 5.69 Å². The van der Waals surface area contributed by atoms with Crippen LogP contribution < -0.4 is 10.5 Å². The topological polar surface area (TPSA) is 58.8 Å². The quantitative estimate of drug-likeness (QED) is 0.802. The van der Waals surface area contributed by atoms with Crippen molar-refractivity contribution < 1.29 is 4.74 Å². The summed E-state index contributed by atoms with van der Waals surface area (Å²) in [7, 11) is 0. The van der Waals surface area contributed by atoms with E-state index in [2.05, 4.69) is 10.2 Å². The van der Waals surface area contributed by atoms with Gasteiger partial charge in [-0.25, -0.2) is 0 Å². The van der Waals surface area contributed by atoms with E-state index in [-0.39, 0.29) is 0 Å². The summed E-state index contributed by atoms with van der Waals surface area (Å²) >= 11 is 5.92. The molecule has 1 heterocycles. The molecule has 2 rings (SSSR count). The highest BCUT2D eigenvalue weighted by atomic mass is 35.5. The highest BCUT2D eigenvalue weighted by molar-refractivity contribution is 6.32. The van der Waals surface area contributed by atoms with E-state index in [1.54, 1.807) is 24.3 Å². The number of rotatable bonds is 2. The van der Waals surface area contributed by atoms with Crippen LogP contribution in [0, 0.1) is 6.92 Å². The van der Waals surface area contributed by atoms with E-state index in [1.807, 2.05) is 6.92 Å². The average Bonchev–Trinajstić information content (AvgIpc) is 2.25. The Kier molecular flexibility index (Phi) is 2.92. The highest BCUT2D eigenvalue weighted by Crippen LogP contribution is 2.30. The first-order chi connectivity index (χ1) is 7.65. The molecule has 1 aromatic carbocycles. The minimum absolute atomic E-state index is 0.340. The Balaban J connectivity index is 2.23. The lowest BCUT2D eigenvalue weighted by Crippen LogP contribution is -1.92. The molecular formula is C11H9ClN3O. The zero-order valence-electron chi connectivity index (χ0n) is 8.57. The fraction of sp³-hybridized carbons (Fsp3) is 0.0909. The first-order valence-electron chi connectivity index (χ1n) is 4.64. The van der Waals surface area contributed by atoms with Gasteiger partial charge in [-0.1, -0.05) is 11.6 Å². The van der Waals surface area contributed by atoms with Crippen LogP contribution in [0.5, 0.6) is 11.6 Å². The van der Waals surface area contributed by atoms with Crippen molar-refractivity contribution in [3.05, 3.63) is 41.0 Å². The number of nitrogens with one attached hydrogen (secondary N) is 1.